The number of halogens is 2. The molecule has 0 aliphatic heterocycles. The Bertz CT molecular complexity index is 875. The van der Waals surface area contributed by atoms with Crippen molar-refractivity contribution in [3.05, 3.63) is 64.1 Å². The van der Waals surface area contributed by atoms with Gasteiger partial charge in [0.25, 0.3) is 5.91 Å². The van der Waals surface area contributed by atoms with Crippen molar-refractivity contribution in [2.24, 2.45) is 0 Å². The van der Waals surface area contributed by atoms with E-state index in [-0.39, 0.29) is 5.69 Å². The molecule has 24 heavy (non-hydrogen) atoms. The molecule has 0 unspecified atom stereocenters. The number of carbonyl (C=O) groups excluding carboxylic acids is 1. The second-order valence-corrected chi connectivity index (χ2v) is 5.74. The van der Waals surface area contributed by atoms with E-state index in [0.717, 1.165) is 0 Å². The van der Waals surface area contributed by atoms with Crippen LogP contribution in [0, 0.1) is 6.92 Å². The van der Waals surface area contributed by atoms with Gasteiger partial charge in [-0.1, -0.05) is 34.4 Å². The summed E-state index contributed by atoms with van der Waals surface area (Å²) in [6.07, 6.45) is 1.51. The number of rotatable bonds is 4. The van der Waals surface area contributed by atoms with E-state index in [1.165, 1.54) is 6.20 Å². The summed E-state index contributed by atoms with van der Waals surface area (Å²) in [5, 5.41) is 10.4. The monoisotopic (exact) mass is 362 g/mol. The summed E-state index contributed by atoms with van der Waals surface area (Å²) >= 11 is 12.3. The Balaban J connectivity index is 1.80. The molecule has 122 valence electrons. The normalized spacial score (nSPS) is 10.5. The first-order valence-electron chi connectivity index (χ1n) is 6.94. The van der Waals surface area contributed by atoms with E-state index in [1.807, 2.05) is 0 Å². The average Bonchev–Trinajstić information content (AvgIpc) is 2.96. The van der Waals surface area contributed by atoms with Crippen molar-refractivity contribution < 1.29 is 9.32 Å². The van der Waals surface area contributed by atoms with E-state index in [9.17, 15) is 4.79 Å². The van der Waals surface area contributed by atoms with Gasteiger partial charge in [0.1, 0.15) is 11.5 Å². The molecule has 0 radical (unpaired) electrons. The number of pyridine rings is 1. The minimum Gasteiger partial charge on any atom is -0.360 e. The van der Waals surface area contributed by atoms with Crippen molar-refractivity contribution >= 4 is 46.3 Å². The Morgan fingerprint density at radius 3 is 2.58 bits per heavy atom. The summed E-state index contributed by atoms with van der Waals surface area (Å²) in [6, 6.07) is 10.1. The number of nitrogens with one attached hydrogen (secondary N) is 2. The van der Waals surface area contributed by atoms with Gasteiger partial charge in [-0.2, -0.15) is 0 Å². The van der Waals surface area contributed by atoms with Crippen LogP contribution >= 0.6 is 23.2 Å². The van der Waals surface area contributed by atoms with Crippen molar-refractivity contribution in [1.82, 2.24) is 10.1 Å². The molecule has 0 fully saturated rings. The molecule has 0 atom stereocenters. The molecular weight excluding hydrogens is 351 g/mol. The second kappa shape index (κ2) is 6.90. The lowest BCUT2D eigenvalue weighted by atomic mass is 10.2. The lowest BCUT2D eigenvalue weighted by Crippen LogP contribution is -2.14. The zero-order valence-electron chi connectivity index (χ0n) is 12.5. The van der Waals surface area contributed by atoms with Crippen molar-refractivity contribution in [2.45, 2.75) is 6.92 Å². The minimum atomic E-state index is -0.405. The fourth-order valence-corrected chi connectivity index (χ4v) is 2.49. The van der Waals surface area contributed by atoms with E-state index >= 15 is 0 Å². The van der Waals surface area contributed by atoms with Crippen molar-refractivity contribution in [2.75, 3.05) is 10.6 Å². The highest BCUT2D eigenvalue weighted by Crippen LogP contribution is 2.32. The summed E-state index contributed by atoms with van der Waals surface area (Å²) in [5.41, 5.74) is 1.40. The van der Waals surface area contributed by atoms with E-state index in [0.29, 0.717) is 33.0 Å². The van der Waals surface area contributed by atoms with Gasteiger partial charge in [0.2, 0.25) is 0 Å². The zero-order valence-corrected chi connectivity index (χ0v) is 14.0. The highest BCUT2D eigenvalue weighted by molar-refractivity contribution is 6.39. The Morgan fingerprint density at radius 2 is 1.92 bits per heavy atom. The van der Waals surface area contributed by atoms with Crippen LogP contribution in [0.15, 0.2) is 47.1 Å². The molecule has 3 rings (SSSR count). The largest absolute Gasteiger partial charge is 0.360 e. The van der Waals surface area contributed by atoms with E-state index in [2.05, 4.69) is 20.8 Å². The summed E-state index contributed by atoms with van der Waals surface area (Å²) in [7, 11) is 0. The van der Waals surface area contributed by atoms with Gasteiger partial charge in [0.15, 0.2) is 5.82 Å². The topological polar surface area (TPSA) is 80.0 Å². The standard InChI is InChI=1S/C16H12Cl2N4O2/c1-9-7-14(22-24-9)21-16(23)13-8-10(5-6-19-13)20-15-11(17)3-2-4-12(15)18/h2-8H,1H3,(H,19,20)(H,21,22,23). The van der Waals surface area contributed by atoms with Crippen LogP contribution in [0.3, 0.4) is 0 Å². The number of aromatic nitrogens is 2. The maximum absolute atomic E-state index is 12.2. The Kier molecular flexibility index (Phi) is 4.69. The van der Waals surface area contributed by atoms with Crippen molar-refractivity contribution in [3.63, 3.8) is 0 Å². The van der Waals surface area contributed by atoms with Gasteiger partial charge < -0.3 is 15.2 Å². The highest BCUT2D eigenvalue weighted by atomic mass is 35.5. The first-order chi connectivity index (χ1) is 11.5. The number of anilines is 3. The molecule has 1 amide bonds. The second-order valence-electron chi connectivity index (χ2n) is 4.93. The van der Waals surface area contributed by atoms with Crippen LogP contribution in [-0.4, -0.2) is 16.0 Å². The van der Waals surface area contributed by atoms with Crippen LogP contribution < -0.4 is 10.6 Å². The summed E-state index contributed by atoms with van der Waals surface area (Å²) in [6.45, 7) is 1.73. The van der Waals surface area contributed by atoms with Crippen LogP contribution in [0.5, 0.6) is 0 Å². The Hall–Kier alpha value is -2.57. The van der Waals surface area contributed by atoms with Gasteiger partial charge in [0.05, 0.1) is 15.7 Å². The average molecular weight is 363 g/mol. The molecule has 1 aromatic carbocycles. The van der Waals surface area contributed by atoms with Crippen LogP contribution in [0.4, 0.5) is 17.2 Å². The molecule has 0 bridgehead atoms. The van der Waals surface area contributed by atoms with Crippen LogP contribution in [0.2, 0.25) is 10.0 Å². The van der Waals surface area contributed by atoms with Crippen LogP contribution in [0.25, 0.3) is 0 Å². The van der Waals surface area contributed by atoms with E-state index < -0.39 is 5.91 Å². The molecule has 6 nitrogen and oxygen atoms in total. The maximum Gasteiger partial charge on any atom is 0.275 e. The number of hydrogen-bond acceptors (Lipinski definition) is 5. The van der Waals surface area contributed by atoms with Crippen LogP contribution in [0.1, 0.15) is 16.2 Å². The fourth-order valence-electron chi connectivity index (χ4n) is 2.00. The highest BCUT2D eigenvalue weighted by Gasteiger charge is 2.12. The summed E-state index contributed by atoms with van der Waals surface area (Å²) in [4.78, 5) is 16.3. The maximum atomic E-state index is 12.2. The van der Waals surface area contributed by atoms with Gasteiger partial charge in [-0.3, -0.25) is 9.78 Å². The van der Waals surface area contributed by atoms with E-state index in [4.69, 9.17) is 27.7 Å². The van der Waals surface area contributed by atoms with E-state index in [1.54, 1.807) is 43.3 Å². The molecule has 0 saturated carbocycles. The molecule has 2 aromatic heterocycles. The minimum absolute atomic E-state index is 0.212. The quantitative estimate of drug-likeness (QED) is 0.704. The molecule has 3 aromatic rings. The molecule has 0 aliphatic rings. The van der Waals surface area contributed by atoms with Gasteiger partial charge in [0, 0.05) is 18.0 Å². The SMILES string of the molecule is Cc1cc(NC(=O)c2cc(Nc3c(Cl)cccc3Cl)ccn2)no1. The number of nitrogens with zero attached hydrogens (tertiary/aromatic N) is 2. The Labute approximate surface area is 147 Å². The van der Waals surface area contributed by atoms with Gasteiger partial charge in [-0.05, 0) is 31.2 Å². The van der Waals surface area contributed by atoms with Gasteiger partial charge in [-0.25, -0.2) is 0 Å². The van der Waals surface area contributed by atoms with Crippen LogP contribution in [-0.2, 0) is 0 Å². The third-order valence-corrected chi connectivity index (χ3v) is 3.72. The molecule has 0 saturated heterocycles. The Morgan fingerprint density at radius 1 is 1.17 bits per heavy atom. The number of aryl methyl sites for hydroxylation is 1. The molecule has 2 heterocycles. The molecule has 0 aliphatic carbocycles. The van der Waals surface area contributed by atoms with Gasteiger partial charge >= 0.3 is 0 Å². The van der Waals surface area contributed by atoms with Crippen molar-refractivity contribution in [1.29, 1.82) is 0 Å². The summed E-state index contributed by atoms with van der Waals surface area (Å²) < 4.78 is 4.90. The number of benzene rings is 1. The lowest BCUT2D eigenvalue weighted by Gasteiger charge is -2.11. The zero-order chi connectivity index (χ0) is 17.1. The number of carbonyl (C=O) groups is 1. The molecule has 2 N–H and O–H groups in total. The predicted molar refractivity (Wildman–Crippen MR) is 93.2 cm³/mol. The smallest absolute Gasteiger partial charge is 0.275 e. The number of amides is 1. The molecular formula is C16H12Cl2N4O2. The first-order valence-corrected chi connectivity index (χ1v) is 7.70. The third-order valence-electron chi connectivity index (χ3n) is 3.09. The van der Waals surface area contributed by atoms with Gasteiger partial charge in [-0.15, -0.1) is 0 Å². The molecule has 8 heteroatoms. The summed E-state index contributed by atoms with van der Waals surface area (Å²) in [5.74, 6) is 0.519. The lowest BCUT2D eigenvalue weighted by molar-refractivity contribution is 0.102. The number of hydrogen-bond donors (Lipinski definition) is 2. The first kappa shape index (κ1) is 16.3. The molecule has 0 spiro atoms. The number of para-hydroxylation sites is 1. The van der Waals surface area contributed by atoms with Crippen molar-refractivity contribution in [3.8, 4) is 0 Å². The predicted octanol–water partition coefficient (Wildman–Crippen LogP) is 4.68. The fraction of sp³-hybridized carbons (Fsp3) is 0.0625. The third kappa shape index (κ3) is 3.67.